The predicted molar refractivity (Wildman–Crippen MR) is 94.7 cm³/mol. The molecule has 0 unspecified atom stereocenters. The summed E-state index contributed by atoms with van der Waals surface area (Å²) in [4.78, 5) is 24.7. The van der Waals surface area contributed by atoms with Gasteiger partial charge in [-0.05, 0) is 50.1 Å². The molecular weight excluding hydrogens is 340 g/mol. The lowest BCUT2D eigenvalue weighted by molar-refractivity contribution is 0.0315. The van der Waals surface area contributed by atoms with Gasteiger partial charge in [-0.2, -0.15) is 0 Å². The van der Waals surface area contributed by atoms with Gasteiger partial charge in [0.1, 0.15) is 0 Å². The first-order chi connectivity index (χ1) is 11.6. The highest BCUT2D eigenvalue weighted by atomic mass is 32.2. The minimum absolute atomic E-state index is 0.0789. The summed E-state index contributed by atoms with van der Waals surface area (Å²) in [5.74, 6) is -1.18. The molecule has 0 radical (unpaired) electrons. The number of carbonyl (C=O) groups is 2. The van der Waals surface area contributed by atoms with Gasteiger partial charge in [-0.3, -0.25) is 4.79 Å². The number of aryl methyl sites for hydroxylation is 2. The number of esters is 1. The highest BCUT2D eigenvalue weighted by molar-refractivity contribution is 7.90. The molecule has 0 spiro atoms. The van der Waals surface area contributed by atoms with Crippen molar-refractivity contribution in [1.29, 1.82) is 0 Å². The van der Waals surface area contributed by atoms with E-state index < -0.39 is 21.9 Å². The van der Waals surface area contributed by atoms with Gasteiger partial charge >= 0.3 is 5.97 Å². The van der Waals surface area contributed by atoms with Crippen LogP contribution in [0.5, 0.6) is 0 Å². The maximum absolute atomic E-state index is 12.5. The number of hydrogen-bond acceptors (Lipinski definition) is 5. The Morgan fingerprint density at radius 1 is 1.00 bits per heavy atom. The molecule has 0 fully saturated rings. The van der Waals surface area contributed by atoms with Crippen molar-refractivity contribution in [2.45, 2.75) is 31.8 Å². The summed E-state index contributed by atoms with van der Waals surface area (Å²) in [7, 11) is -3.58. The molecule has 0 N–H and O–H groups in total. The van der Waals surface area contributed by atoms with E-state index in [1.165, 1.54) is 25.1 Å². The molecule has 0 amide bonds. The molecule has 1 atom stereocenters. The van der Waals surface area contributed by atoms with Crippen LogP contribution >= 0.6 is 0 Å². The van der Waals surface area contributed by atoms with Crippen molar-refractivity contribution < 1.29 is 22.7 Å². The normalized spacial score (nSPS) is 12.5. The third-order valence-electron chi connectivity index (χ3n) is 3.95. The molecule has 132 valence electrons. The first kappa shape index (κ1) is 18.9. The van der Waals surface area contributed by atoms with Gasteiger partial charge in [-0.25, -0.2) is 13.2 Å². The van der Waals surface area contributed by atoms with Crippen LogP contribution in [-0.2, 0) is 14.6 Å². The lowest BCUT2D eigenvalue weighted by Gasteiger charge is -2.14. The van der Waals surface area contributed by atoms with Gasteiger partial charge < -0.3 is 4.74 Å². The first-order valence-corrected chi connectivity index (χ1v) is 9.62. The highest BCUT2D eigenvalue weighted by Gasteiger charge is 2.24. The zero-order valence-electron chi connectivity index (χ0n) is 14.6. The van der Waals surface area contributed by atoms with Crippen LogP contribution in [-0.4, -0.2) is 32.5 Å². The van der Waals surface area contributed by atoms with Crippen molar-refractivity contribution in [3.63, 3.8) is 0 Å². The molecule has 2 aromatic rings. The predicted octanol–water partition coefficient (Wildman–Crippen LogP) is 3.14. The lowest BCUT2D eigenvalue weighted by atomic mass is 10.0. The van der Waals surface area contributed by atoms with Crippen LogP contribution in [0.1, 0.15) is 38.8 Å². The highest BCUT2D eigenvalue weighted by Crippen LogP contribution is 2.18. The van der Waals surface area contributed by atoms with Crippen LogP contribution in [0.15, 0.2) is 47.4 Å². The van der Waals surface area contributed by atoms with E-state index in [0.717, 1.165) is 17.4 Å². The van der Waals surface area contributed by atoms with E-state index in [-0.39, 0.29) is 16.2 Å². The van der Waals surface area contributed by atoms with Crippen molar-refractivity contribution in [3.8, 4) is 0 Å². The maximum Gasteiger partial charge on any atom is 0.340 e. The summed E-state index contributed by atoms with van der Waals surface area (Å²) in [6, 6.07) is 11.0. The number of benzene rings is 2. The number of ketones is 1. The first-order valence-electron chi connectivity index (χ1n) is 7.73. The van der Waals surface area contributed by atoms with Crippen molar-refractivity contribution in [2.24, 2.45) is 0 Å². The Bertz CT molecular complexity index is 929. The fourth-order valence-electron chi connectivity index (χ4n) is 2.37. The Hall–Kier alpha value is -2.47. The molecule has 0 aliphatic carbocycles. The second-order valence-electron chi connectivity index (χ2n) is 5.98. The Morgan fingerprint density at radius 3 is 2.24 bits per heavy atom. The zero-order valence-corrected chi connectivity index (χ0v) is 15.4. The van der Waals surface area contributed by atoms with Crippen LogP contribution in [0.25, 0.3) is 0 Å². The molecule has 25 heavy (non-hydrogen) atoms. The molecule has 0 aliphatic heterocycles. The minimum Gasteiger partial charge on any atom is -0.451 e. The topological polar surface area (TPSA) is 77.5 Å². The average molecular weight is 360 g/mol. The molecule has 2 aromatic carbocycles. The monoisotopic (exact) mass is 360 g/mol. The van der Waals surface area contributed by atoms with Crippen LogP contribution in [0, 0.1) is 13.8 Å². The van der Waals surface area contributed by atoms with Gasteiger partial charge in [0.25, 0.3) is 0 Å². The standard InChI is InChI=1S/C19H20O5S/c1-12-9-10-15(11-13(12)2)18(20)14(3)24-19(21)16-7-5-6-8-17(16)25(4,22)23/h5-11,14H,1-4H3/t14-/m1/s1. The summed E-state index contributed by atoms with van der Waals surface area (Å²) < 4.78 is 28.8. The molecule has 0 saturated heterocycles. The van der Waals surface area contributed by atoms with E-state index >= 15 is 0 Å². The molecule has 0 bridgehead atoms. The molecular formula is C19H20O5S. The van der Waals surface area contributed by atoms with Gasteiger partial charge in [0, 0.05) is 11.8 Å². The van der Waals surface area contributed by atoms with Crippen molar-refractivity contribution in [3.05, 3.63) is 64.7 Å². The van der Waals surface area contributed by atoms with Crippen LogP contribution < -0.4 is 0 Å². The van der Waals surface area contributed by atoms with Gasteiger partial charge in [0.2, 0.25) is 5.78 Å². The number of rotatable bonds is 5. The van der Waals surface area contributed by atoms with Crippen LogP contribution in [0.2, 0.25) is 0 Å². The molecule has 0 aliphatic rings. The van der Waals surface area contributed by atoms with Crippen molar-refractivity contribution in [1.82, 2.24) is 0 Å². The summed E-state index contributed by atoms with van der Waals surface area (Å²) in [5.41, 5.74) is 2.39. The Morgan fingerprint density at radius 2 is 1.64 bits per heavy atom. The van der Waals surface area contributed by atoms with Gasteiger partial charge in [0.15, 0.2) is 15.9 Å². The van der Waals surface area contributed by atoms with Crippen LogP contribution in [0.3, 0.4) is 0 Å². The second kappa shape index (κ2) is 7.19. The van der Waals surface area contributed by atoms with Gasteiger partial charge in [-0.1, -0.05) is 24.3 Å². The maximum atomic E-state index is 12.5. The largest absolute Gasteiger partial charge is 0.451 e. The lowest BCUT2D eigenvalue weighted by Crippen LogP contribution is -2.25. The fraction of sp³-hybridized carbons (Fsp3) is 0.263. The van der Waals surface area contributed by atoms with E-state index in [2.05, 4.69) is 0 Å². The van der Waals surface area contributed by atoms with E-state index in [4.69, 9.17) is 4.74 Å². The SMILES string of the molecule is Cc1ccc(C(=O)[C@@H](C)OC(=O)c2ccccc2S(C)(=O)=O)cc1C. The number of hydrogen-bond donors (Lipinski definition) is 0. The third-order valence-corrected chi connectivity index (χ3v) is 5.11. The quantitative estimate of drug-likeness (QED) is 0.605. The summed E-state index contributed by atoms with van der Waals surface area (Å²) in [6.07, 6.45) is -0.00908. The van der Waals surface area contributed by atoms with Crippen molar-refractivity contribution >= 4 is 21.6 Å². The summed E-state index contributed by atoms with van der Waals surface area (Å²) in [5, 5.41) is 0. The Balaban J connectivity index is 2.23. The Kier molecular flexibility index (Phi) is 5.42. The zero-order chi connectivity index (χ0) is 18.8. The fourth-order valence-corrected chi connectivity index (χ4v) is 3.24. The molecule has 2 rings (SSSR count). The average Bonchev–Trinajstić information content (AvgIpc) is 2.55. The van der Waals surface area contributed by atoms with Gasteiger partial charge in [-0.15, -0.1) is 0 Å². The molecule has 5 nitrogen and oxygen atoms in total. The molecule has 0 aromatic heterocycles. The molecule has 0 saturated carbocycles. The van der Waals surface area contributed by atoms with E-state index in [9.17, 15) is 18.0 Å². The summed E-state index contributed by atoms with van der Waals surface area (Å²) in [6.45, 7) is 5.30. The minimum atomic E-state index is -3.58. The van der Waals surface area contributed by atoms with E-state index in [0.29, 0.717) is 5.56 Å². The van der Waals surface area contributed by atoms with Crippen molar-refractivity contribution in [2.75, 3.05) is 6.26 Å². The van der Waals surface area contributed by atoms with E-state index in [1.807, 2.05) is 19.9 Å². The number of ether oxygens (including phenoxy) is 1. The van der Waals surface area contributed by atoms with E-state index in [1.54, 1.807) is 18.2 Å². The molecule has 0 heterocycles. The van der Waals surface area contributed by atoms with Crippen LogP contribution in [0.4, 0.5) is 0 Å². The number of sulfone groups is 1. The number of Topliss-reactive ketones (excluding diaryl/α,β-unsaturated/α-hetero) is 1. The smallest absolute Gasteiger partial charge is 0.340 e. The van der Waals surface area contributed by atoms with Gasteiger partial charge in [0.05, 0.1) is 10.5 Å². The molecule has 6 heteroatoms. The number of carbonyl (C=O) groups excluding carboxylic acids is 2. The Labute approximate surface area is 147 Å². The summed E-state index contributed by atoms with van der Waals surface area (Å²) >= 11 is 0. The second-order valence-corrected chi connectivity index (χ2v) is 7.96. The third kappa shape index (κ3) is 4.33.